The molecule has 0 spiro atoms. The Morgan fingerprint density at radius 1 is 1.16 bits per heavy atom. The van der Waals surface area contributed by atoms with Crippen LogP contribution in [0.3, 0.4) is 0 Å². The number of nitriles is 1. The van der Waals surface area contributed by atoms with E-state index < -0.39 is 10.0 Å². The molecule has 2 heterocycles. The number of hydrogen-bond acceptors (Lipinski definition) is 5. The molecule has 1 saturated heterocycles. The molecule has 0 bridgehead atoms. The Kier molecular flexibility index (Phi) is 6.03. The van der Waals surface area contributed by atoms with E-state index >= 15 is 0 Å². The maximum atomic E-state index is 13.5. The number of rotatable bonds is 5. The van der Waals surface area contributed by atoms with E-state index in [1.165, 1.54) is 17.7 Å². The molecule has 10 heteroatoms. The standard InChI is InChI=1S/C22H23ClN4O4S/c1-31-21-6-4-16(11-18(21)23)14-26-20-12-15(13-24)3-5-19(20)27(22(26)28)17-7-9-25(10-8-17)32(2,29)30/h3-6,11-12,17H,7-10,14H2,1-2H3. The summed E-state index contributed by atoms with van der Waals surface area (Å²) in [6, 6.07) is 12.6. The molecular formula is C22H23ClN4O4S. The predicted molar refractivity (Wildman–Crippen MR) is 123 cm³/mol. The number of piperidine rings is 1. The number of hydrogen-bond donors (Lipinski definition) is 0. The van der Waals surface area contributed by atoms with Crippen molar-refractivity contribution in [1.29, 1.82) is 5.26 Å². The van der Waals surface area contributed by atoms with Crippen LogP contribution in [-0.4, -0.2) is 48.3 Å². The molecule has 1 aliphatic rings. The minimum Gasteiger partial charge on any atom is -0.495 e. The summed E-state index contributed by atoms with van der Waals surface area (Å²) < 4.78 is 33.7. The fourth-order valence-corrected chi connectivity index (χ4v) is 5.43. The highest BCUT2D eigenvalue weighted by atomic mass is 35.5. The van der Waals surface area contributed by atoms with Crippen molar-refractivity contribution in [3.05, 3.63) is 63.0 Å². The number of nitrogens with zero attached hydrogens (tertiary/aromatic N) is 4. The summed E-state index contributed by atoms with van der Waals surface area (Å²) in [5.41, 5.74) is 2.48. The average molecular weight is 475 g/mol. The first-order chi connectivity index (χ1) is 15.2. The van der Waals surface area contributed by atoms with Gasteiger partial charge in [-0.3, -0.25) is 9.13 Å². The Labute approximate surface area is 191 Å². The van der Waals surface area contributed by atoms with Crippen molar-refractivity contribution in [2.24, 2.45) is 0 Å². The average Bonchev–Trinajstić information content (AvgIpc) is 3.04. The topological polar surface area (TPSA) is 97.3 Å². The summed E-state index contributed by atoms with van der Waals surface area (Å²) in [7, 11) is -1.72. The van der Waals surface area contributed by atoms with E-state index in [4.69, 9.17) is 16.3 Å². The highest BCUT2D eigenvalue weighted by Gasteiger charge is 2.29. The lowest BCUT2D eigenvalue weighted by Crippen LogP contribution is -2.40. The maximum Gasteiger partial charge on any atom is 0.329 e. The molecule has 0 atom stereocenters. The lowest BCUT2D eigenvalue weighted by atomic mass is 10.1. The molecule has 0 radical (unpaired) electrons. The normalized spacial score (nSPS) is 15.7. The fraction of sp³-hybridized carbons (Fsp3) is 0.364. The zero-order valence-corrected chi connectivity index (χ0v) is 19.4. The van der Waals surface area contributed by atoms with Gasteiger partial charge < -0.3 is 4.74 Å². The van der Waals surface area contributed by atoms with Gasteiger partial charge in [-0.05, 0) is 48.7 Å². The van der Waals surface area contributed by atoms with Crippen LogP contribution in [0.15, 0.2) is 41.2 Å². The molecule has 1 aliphatic heterocycles. The van der Waals surface area contributed by atoms with Crippen molar-refractivity contribution in [3.8, 4) is 11.8 Å². The van der Waals surface area contributed by atoms with Gasteiger partial charge in [0.05, 0.1) is 47.6 Å². The molecular weight excluding hydrogens is 452 g/mol. The molecule has 1 fully saturated rings. The molecule has 0 N–H and O–H groups in total. The Morgan fingerprint density at radius 3 is 2.47 bits per heavy atom. The van der Waals surface area contributed by atoms with Crippen LogP contribution in [0.1, 0.15) is 30.0 Å². The number of benzene rings is 2. The van der Waals surface area contributed by atoms with Crippen molar-refractivity contribution < 1.29 is 13.2 Å². The van der Waals surface area contributed by atoms with Gasteiger partial charge in [0, 0.05) is 19.1 Å². The second-order valence-corrected chi connectivity index (χ2v) is 10.3. The van der Waals surface area contributed by atoms with E-state index in [0.29, 0.717) is 47.8 Å². The zero-order valence-electron chi connectivity index (χ0n) is 17.8. The van der Waals surface area contributed by atoms with Gasteiger partial charge in [0.1, 0.15) is 5.75 Å². The second kappa shape index (κ2) is 8.62. The SMILES string of the molecule is COc1ccc(Cn2c(=O)n(C3CCN(S(C)(=O)=O)CC3)c3ccc(C#N)cc32)cc1Cl. The summed E-state index contributed by atoms with van der Waals surface area (Å²) >= 11 is 6.26. The quantitative estimate of drug-likeness (QED) is 0.566. The molecule has 0 aliphatic carbocycles. The first-order valence-electron chi connectivity index (χ1n) is 10.2. The van der Waals surface area contributed by atoms with E-state index in [1.54, 1.807) is 39.5 Å². The van der Waals surface area contributed by atoms with Crippen LogP contribution < -0.4 is 10.4 Å². The van der Waals surface area contributed by atoms with Gasteiger partial charge in [-0.25, -0.2) is 17.5 Å². The van der Waals surface area contributed by atoms with Crippen LogP contribution in [-0.2, 0) is 16.6 Å². The van der Waals surface area contributed by atoms with Gasteiger partial charge in [0.15, 0.2) is 0 Å². The van der Waals surface area contributed by atoms with E-state index in [-0.39, 0.29) is 18.3 Å². The Hall–Kier alpha value is -2.80. The molecule has 8 nitrogen and oxygen atoms in total. The fourth-order valence-electron chi connectivity index (χ4n) is 4.28. The smallest absolute Gasteiger partial charge is 0.329 e. The van der Waals surface area contributed by atoms with Crippen LogP contribution in [0.4, 0.5) is 0 Å². The largest absolute Gasteiger partial charge is 0.495 e. The molecule has 0 saturated carbocycles. The van der Waals surface area contributed by atoms with Crippen molar-refractivity contribution >= 4 is 32.7 Å². The number of aromatic nitrogens is 2. The van der Waals surface area contributed by atoms with Gasteiger partial charge >= 0.3 is 5.69 Å². The lowest BCUT2D eigenvalue weighted by molar-refractivity contribution is 0.274. The van der Waals surface area contributed by atoms with Gasteiger partial charge in [-0.2, -0.15) is 5.26 Å². The molecule has 168 valence electrons. The van der Waals surface area contributed by atoms with Crippen molar-refractivity contribution in [1.82, 2.24) is 13.4 Å². The van der Waals surface area contributed by atoms with Crippen LogP contribution in [0, 0.1) is 11.3 Å². The van der Waals surface area contributed by atoms with Crippen molar-refractivity contribution in [2.45, 2.75) is 25.4 Å². The summed E-state index contributed by atoms with van der Waals surface area (Å²) in [6.45, 7) is 1.02. The molecule has 0 amide bonds. The highest BCUT2D eigenvalue weighted by molar-refractivity contribution is 7.88. The van der Waals surface area contributed by atoms with E-state index in [0.717, 1.165) is 11.1 Å². The highest BCUT2D eigenvalue weighted by Crippen LogP contribution is 2.29. The number of halogens is 1. The number of ether oxygens (including phenoxy) is 1. The van der Waals surface area contributed by atoms with Crippen LogP contribution >= 0.6 is 11.6 Å². The van der Waals surface area contributed by atoms with Crippen LogP contribution in [0.5, 0.6) is 5.75 Å². The van der Waals surface area contributed by atoms with Gasteiger partial charge in [-0.1, -0.05) is 17.7 Å². The summed E-state index contributed by atoms with van der Waals surface area (Å²) in [6.07, 6.45) is 2.29. The number of fused-ring (bicyclic) bond motifs is 1. The first-order valence-corrected chi connectivity index (χ1v) is 12.4. The molecule has 2 aromatic carbocycles. The second-order valence-electron chi connectivity index (χ2n) is 7.92. The monoisotopic (exact) mass is 474 g/mol. The Balaban J connectivity index is 1.77. The number of methoxy groups -OCH3 is 1. The lowest BCUT2D eigenvalue weighted by Gasteiger charge is -2.30. The van der Waals surface area contributed by atoms with E-state index in [9.17, 15) is 18.5 Å². The van der Waals surface area contributed by atoms with E-state index in [1.807, 2.05) is 6.07 Å². The Bertz CT molecular complexity index is 1380. The summed E-state index contributed by atoms with van der Waals surface area (Å²) in [5.74, 6) is 0.551. The third kappa shape index (κ3) is 4.13. The molecule has 4 rings (SSSR count). The third-order valence-corrected chi connectivity index (χ3v) is 7.50. The molecule has 0 unspecified atom stereocenters. The minimum absolute atomic E-state index is 0.128. The van der Waals surface area contributed by atoms with Gasteiger partial charge in [0.2, 0.25) is 10.0 Å². The molecule has 3 aromatic rings. The van der Waals surface area contributed by atoms with Crippen molar-refractivity contribution in [3.63, 3.8) is 0 Å². The third-order valence-electron chi connectivity index (χ3n) is 5.91. The summed E-state index contributed by atoms with van der Waals surface area (Å²) in [4.78, 5) is 13.5. The van der Waals surface area contributed by atoms with Gasteiger partial charge in [0.25, 0.3) is 0 Å². The minimum atomic E-state index is -3.26. The van der Waals surface area contributed by atoms with Crippen LogP contribution in [0.2, 0.25) is 5.02 Å². The Morgan fingerprint density at radius 2 is 1.88 bits per heavy atom. The van der Waals surface area contributed by atoms with Crippen molar-refractivity contribution in [2.75, 3.05) is 26.5 Å². The number of imidazole rings is 1. The van der Waals surface area contributed by atoms with Crippen LogP contribution in [0.25, 0.3) is 11.0 Å². The van der Waals surface area contributed by atoms with E-state index in [2.05, 4.69) is 6.07 Å². The van der Waals surface area contributed by atoms with Gasteiger partial charge in [-0.15, -0.1) is 0 Å². The zero-order chi connectivity index (χ0) is 23.0. The maximum absolute atomic E-state index is 13.5. The molecule has 1 aromatic heterocycles. The predicted octanol–water partition coefficient (Wildman–Crippen LogP) is 2.98. The molecule has 32 heavy (non-hydrogen) atoms. The number of sulfonamides is 1. The summed E-state index contributed by atoms with van der Waals surface area (Å²) in [5, 5.41) is 9.82. The first kappa shape index (κ1) is 22.4.